The minimum Gasteiger partial charge on any atom is -0.517 e. The van der Waals surface area contributed by atoms with Crippen LogP contribution in [0.15, 0.2) is 78.9 Å². The monoisotopic (exact) mass is 735 g/mol. The number of hydrogen-bond donors (Lipinski definition) is 0. The smallest absolute Gasteiger partial charge is 0.0140 e. The molecule has 45 heavy (non-hydrogen) atoms. The molecule has 0 spiro atoms. The van der Waals surface area contributed by atoms with Crippen molar-refractivity contribution in [3.8, 4) is 5.75 Å². The van der Waals surface area contributed by atoms with E-state index in [0.717, 1.165) is 19.3 Å². The number of halogens is 2. The number of nitrogens with zero attached hydrogens (tertiary/aromatic N) is 2. The van der Waals surface area contributed by atoms with Crippen LogP contribution in [-0.2, 0) is 31.8 Å². The van der Waals surface area contributed by atoms with Gasteiger partial charge >= 0.3 is 112 Å². The predicted octanol–water partition coefficient (Wildman–Crippen LogP) is 10.5. The van der Waals surface area contributed by atoms with E-state index < -0.39 is 18.4 Å². The van der Waals surface area contributed by atoms with E-state index in [1.165, 1.54) is 45.3 Å². The summed E-state index contributed by atoms with van der Waals surface area (Å²) in [4.78, 5) is 12.8. The molecule has 8 heteroatoms. The molecule has 4 aromatic carbocycles. The molecule has 5 rings (SSSR count). The third-order valence-electron chi connectivity index (χ3n) is 8.23. The first kappa shape index (κ1) is 35.1. The molecule has 1 fully saturated rings. The van der Waals surface area contributed by atoms with Gasteiger partial charge in [0.05, 0.1) is 0 Å². The normalized spacial score (nSPS) is 17.6. The second-order valence-corrected chi connectivity index (χ2v) is 18.3. The first-order chi connectivity index (χ1) is 21.3. The Morgan fingerprint density at radius 3 is 2.18 bits per heavy atom. The number of ether oxygens (including phenoxy) is 1. The molecule has 1 aliphatic rings. The summed E-state index contributed by atoms with van der Waals surface area (Å²) in [6.45, 7) is 18.0. The maximum atomic E-state index is 10.7. The van der Waals surface area contributed by atoms with Crippen LogP contribution in [0.3, 0.4) is 0 Å². The molecular formula is C37H43Cl2N2O3Ru-. The fourth-order valence-corrected chi connectivity index (χ4v) is 8.06. The van der Waals surface area contributed by atoms with Crippen molar-refractivity contribution in [1.82, 2.24) is 0 Å². The van der Waals surface area contributed by atoms with Crippen LogP contribution < -0.4 is 9.64 Å². The largest absolute Gasteiger partial charge is 0.517 e. The number of aryl methyl sites for hydroxylation is 2. The number of nitro benzene ring substituents is 1. The Morgan fingerprint density at radius 1 is 0.956 bits per heavy atom. The summed E-state index contributed by atoms with van der Waals surface area (Å²) in [5.74, 6) is 0.561. The van der Waals surface area contributed by atoms with Crippen molar-refractivity contribution in [3.63, 3.8) is 0 Å². The topological polar surface area (TPSA) is 55.6 Å². The summed E-state index contributed by atoms with van der Waals surface area (Å²) in [7, 11) is 11.6. The molecule has 4 aromatic rings. The van der Waals surface area contributed by atoms with E-state index >= 15 is 0 Å². The number of non-ortho nitro benzene ring substituents is 1. The number of nitro groups is 1. The van der Waals surface area contributed by atoms with Gasteiger partial charge in [-0.2, -0.15) is 0 Å². The first-order valence-corrected chi connectivity index (χ1v) is 20.8. The van der Waals surface area contributed by atoms with Gasteiger partial charge in [0.25, 0.3) is 0 Å². The number of para-hydroxylation sites is 1. The average molecular weight is 736 g/mol. The maximum Gasteiger partial charge on any atom is 0.0140 e. The number of rotatable bonds is 8. The van der Waals surface area contributed by atoms with Crippen molar-refractivity contribution in [3.05, 3.63) is 118 Å². The molecule has 0 aliphatic carbocycles. The average Bonchev–Trinajstić information content (AvgIpc) is 3.25. The SMILES string of the molecule is CC(C)Oc1ccc([N+](=O)[O-])cc1[CH]=[Ru]([Cl])[Cl].CCc1cccc(CC)c1N1[CH-][C@@](C)(c2ccc3ccccc3c2)CC1(C)C. The van der Waals surface area contributed by atoms with Gasteiger partial charge in [-0.25, -0.2) is 6.54 Å². The Labute approximate surface area is 281 Å². The van der Waals surface area contributed by atoms with E-state index in [1.54, 1.807) is 10.7 Å². The van der Waals surface area contributed by atoms with Gasteiger partial charge in [0.1, 0.15) is 0 Å². The van der Waals surface area contributed by atoms with Crippen LogP contribution in [0.2, 0.25) is 0 Å². The third kappa shape index (κ3) is 8.33. The molecule has 0 unspecified atom stereocenters. The molecule has 1 aliphatic heterocycles. The minimum absolute atomic E-state index is 0.00360. The number of anilines is 1. The molecule has 1 heterocycles. The van der Waals surface area contributed by atoms with E-state index in [-0.39, 0.29) is 22.7 Å². The number of hydrogen-bond acceptors (Lipinski definition) is 4. The number of benzene rings is 4. The van der Waals surface area contributed by atoms with Gasteiger partial charge in [-0.3, -0.25) is 0 Å². The van der Waals surface area contributed by atoms with Crippen molar-refractivity contribution in [1.29, 1.82) is 0 Å². The molecular weight excluding hydrogens is 692 g/mol. The molecule has 5 nitrogen and oxygen atoms in total. The fourth-order valence-electron chi connectivity index (χ4n) is 6.28. The Bertz CT molecular complexity index is 1680. The summed E-state index contributed by atoms with van der Waals surface area (Å²) < 4.78 is 7.17. The second-order valence-electron chi connectivity index (χ2n) is 12.6. The van der Waals surface area contributed by atoms with Crippen LogP contribution in [0.4, 0.5) is 11.4 Å². The Hall–Kier alpha value is -2.79. The van der Waals surface area contributed by atoms with Crippen LogP contribution in [0, 0.1) is 16.7 Å². The van der Waals surface area contributed by atoms with Gasteiger partial charge in [0.15, 0.2) is 0 Å². The third-order valence-corrected chi connectivity index (χ3v) is 10.1. The van der Waals surface area contributed by atoms with E-state index in [0.29, 0.717) is 11.3 Å². The number of fused-ring (bicyclic) bond motifs is 1. The molecule has 1 saturated heterocycles. The van der Waals surface area contributed by atoms with Crippen molar-refractivity contribution in [2.45, 2.75) is 84.8 Å². The van der Waals surface area contributed by atoms with Crippen LogP contribution in [0.5, 0.6) is 5.75 Å². The van der Waals surface area contributed by atoms with E-state index in [4.69, 9.17) is 24.1 Å². The van der Waals surface area contributed by atoms with Crippen LogP contribution in [0.25, 0.3) is 10.8 Å². The Balaban J connectivity index is 0.000000233. The van der Waals surface area contributed by atoms with Gasteiger partial charge in [-0.15, -0.1) is 5.41 Å². The van der Waals surface area contributed by atoms with Gasteiger partial charge in [-0.1, -0.05) is 87.0 Å². The zero-order valence-corrected chi connectivity index (χ0v) is 30.3. The molecule has 0 N–H and O–H groups in total. The van der Waals surface area contributed by atoms with Gasteiger partial charge in [0, 0.05) is 11.2 Å². The molecule has 0 radical (unpaired) electrons. The molecule has 242 valence electrons. The van der Waals surface area contributed by atoms with Crippen LogP contribution in [0.1, 0.15) is 77.1 Å². The zero-order valence-electron chi connectivity index (χ0n) is 27.1. The Kier molecular flexibility index (Phi) is 11.5. The van der Waals surface area contributed by atoms with Gasteiger partial charge in [0.2, 0.25) is 0 Å². The van der Waals surface area contributed by atoms with Crippen molar-refractivity contribution in [2.24, 2.45) is 0 Å². The quantitative estimate of drug-likeness (QED) is 0.0783. The summed E-state index contributed by atoms with van der Waals surface area (Å²) in [6, 6.07) is 26.8. The molecule has 0 amide bonds. The minimum atomic E-state index is -2.05. The second kappa shape index (κ2) is 14.8. The summed E-state index contributed by atoms with van der Waals surface area (Å²) in [6.07, 6.45) is 3.22. The van der Waals surface area contributed by atoms with Crippen LogP contribution in [-0.4, -0.2) is 21.2 Å². The van der Waals surface area contributed by atoms with Crippen molar-refractivity contribution >= 4 is 46.1 Å². The fraction of sp³-hybridized carbons (Fsp3) is 0.351. The molecule has 1 atom stereocenters. The molecule has 0 saturated carbocycles. The summed E-state index contributed by atoms with van der Waals surface area (Å²) in [5, 5.41) is 13.3. The standard InChI is InChI=1S/C27H32N.C10H11NO3.2ClH.Ru/c1-6-20-13-10-14-21(7-2)25(20)28-19-27(5,18-26(28,3)4)24-16-15-22-11-8-9-12-23(22)17-24;1-7(2)14-10-5-4-9(11(12)13)6-8(10)3;;;/h8-17,19H,6-7,18H2,1-5H3;3-7H,1-2H3;2*1H;/q-1;;;;+2/p-2/t27-;;;;/m0..../s1. The van der Waals surface area contributed by atoms with Gasteiger partial charge in [-0.05, 0) is 55.0 Å². The molecule has 0 aromatic heterocycles. The van der Waals surface area contributed by atoms with E-state index in [9.17, 15) is 10.1 Å². The summed E-state index contributed by atoms with van der Waals surface area (Å²) >= 11 is -2.05. The first-order valence-electron chi connectivity index (χ1n) is 15.3. The van der Waals surface area contributed by atoms with E-state index in [1.807, 2.05) is 13.8 Å². The van der Waals surface area contributed by atoms with E-state index in [2.05, 4.69) is 107 Å². The molecule has 0 bridgehead atoms. The van der Waals surface area contributed by atoms with Gasteiger partial charge < -0.3 is 4.90 Å². The zero-order chi connectivity index (χ0) is 32.9. The van der Waals surface area contributed by atoms with Crippen molar-refractivity contribution < 1.29 is 23.2 Å². The summed E-state index contributed by atoms with van der Waals surface area (Å²) in [5.41, 5.74) is 6.43. The van der Waals surface area contributed by atoms with Crippen molar-refractivity contribution in [2.75, 3.05) is 4.90 Å². The predicted molar refractivity (Wildman–Crippen MR) is 188 cm³/mol. The van der Waals surface area contributed by atoms with Crippen LogP contribution >= 0.6 is 19.4 Å². The Morgan fingerprint density at radius 2 is 1.60 bits per heavy atom. The maximum absolute atomic E-state index is 10.7.